The van der Waals surface area contributed by atoms with Gasteiger partial charge < -0.3 is 10.4 Å². The zero-order valence-electron chi connectivity index (χ0n) is 10.1. The largest absolute Gasteiger partial charge is 0.389 e. The average molecular weight is 211 g/mol. The smallest absolute Gasteiger partial charge is 0.0705 e. The number of nitrogens with one attached hydrogen (secondary N) is 1. The standard InChI is InChI=1S/C13H25NO/c1-3-10(4-2)13(15)8-11-6-5-7-12(9-13)14-11/h10-12,14-15H,3-9H2,1-2H3. The van der Waals surface area contributed by atoms with Gasteiger partial charge in [0.25, 0.3) is 0 Å². The van der Waals surface area contributed by atoms with Gasteiger partial charge in [-0.2, -0.15) is 0 Å². The number of hydrogen-bond acceptors (Lipinski definition) is 2. The second kappa shape index (κ2) is 4.42. The van der Waals surface area contributed by atoms with Crippen molar-refractivity contribution in [2.45, 2.75) is 76.5 Å². The Morgan fingerprint density at radius 1 is 1.20 bits per heavy atom. The van der Waals surface area contributed by atoms with Gasteiger partial charge in [0.15, 0.2) is 0 Å². The molecule has 2 N–H and O–H groups in total. The van der Waals surface area contributed by atoms with Crippen molar-refractivity contribution in [1.29, 1.82) is 0 Å². The van der Waals surface area contributed by atoms with Crippen molar-refractivity contribution in [3.63, 3.8) is 0 Å². The van der Waals surface area contributed by atoms with Gasteiger partial charge in [0.2, 0.25) is 0 Å². The fraction of sp³-hybridized carbons (Fsp3) is 1.00. The van der Waals surface area contributed by atoms with Gasteiger partial charge in [-0.15, -0.1) is 0 Å². The first-order valence-corrected chi connectivity index (χ1v) is 6.66. The van der Waals surface area contributed by atoms with E-state index in [1.165, 1.54) is 19.3 Å². The zero-order valence-corrected chi connectivity index (χ0v) is 10.1. The van der Waals surface area contributed by atoms with Crippen LogP contribution in [0.3, 0.4) is 0 Å². The van der Waals surface area contributed by atoms with Crippen LogP contribution >= 0.6 is 0 Å². The number of hydrogen-bond donors (Lipinski definition) is 2. The molecule has 0 aromatic rings. The van der Waals surface area contributed by atoms with E-state index in [2.05, 4.69) is 19.2 Å². The molecule has 0 aromatic heterocycles. The molecule has 0 spiro atoms. The first-order valence-electron chi connectivity index (χ1n) is 6.66. The third kappa shape index (κ3) is 2.21. The van der Waals surface area contributed by atoms with Crippen LogP contribution in [-0.2, 0) is 0 Å². The van der Waals surface area contributed by atoms with Gasteiger partial charge in [-0.3, -0.25) is 0 Å². The van der Waals surface area contributed by atoms with E-state index in [-0.39, 0.29) is 5.60 Å². The highest BCUT2D eigenvalue weighted by Crippen LogP contribution is 2.39. The summed E-state index contributed by atoms with van der Waals surface area (Å²) in [6.45, 7) is 4.42. The zero-order chi connectivity index (χ0) is 10.9. The minimum Gasteiger partial charge on any atom is -0.389 e. The molecule has 0 radical (unpaired) electrons. The van der Waals surface area contributed by atoms with E-state index in [0.717, 1.165) is 25.7 Å². The molecular formula is C13H25NO. The minimum atomic E-state index is -0.371. The van der Waals surface area contributed by atoms with Crippen molar-refractivity contribution >= 4 is 0 Å². The number of piperidine rings is 2. The molecule has 2 nitrogen and oxygen atoms in total. The molecule has 2 fully saturated rings. The van der Waals surface area contributed by atoms with Gasteiger partial charge in [-0.25, -0.2) is 0 Å². The third-order valence-corrected chi connectivity index (χ3v) is 4.52. The summed E-state index contributed by atoms with van der Waals surface area (Å²) in [5.74, 6) is 0.502. The van der Waals surface area contributed by atoms with Crippen LogP contribution in [0, 0.1) is 5.92 Å². The Morgan fingerprint density at radius 3 is 2.20 bits per heavy atom. The lowest BCUT2D eigenvalue weighted by Gasteiger charge is -2.48. The summed E-state index contributed by atoms with van der Waals surface area (Å²) < 4.78 is 0. The molecule has 2 heterocycles. The first-order chi connectivity index (χ1) is 7.18. The topological polar surface area (TPSA) is 32.3 Å². The molecule has 0 saturated carbocycles. The lowest BCUT2D eigenvalue weighted by molar-refractivity contribution is -0.0781. The number of fused-ring (bicyclic) bond motifs is 2. The molecule has 2 atom stereocenters. The van der Waals surface area contributed by atoms with Crippen LogP contribution in [0.15, 0.2) is 0 Å². The molecule has 0 amide bonds. The predicted octanol–water partition coefficient (Wildman–Crippen LogP) is 2.46. The molecule has 88 valence electrons. The molecule has 2 aliphatic heterocycles. The molecule has 0 aromatic carbocycles. The van der Waals surface area contributed by atoms with Crippen molar-refractivity contribution in [3.05, 3.63) is 0 Å². The van der Waals surface area contributed by atoms with Crippen molar-refractivity contribution in [2.24, 2.45) is 5.92 Å². The van der Waals surface area contributed by atoms with Gasteiger partial charge >= 0.3 is 0 Å². The number of rotatable bonds is 3. The van der Waals surface area contributed by atoms with Crippen LogP contribution in [-0.4, -0.2) is 22.8 Å². The fourth-order valence-corrected chi connectivity index (χ4v) is 3.75. The van der Waals surface area contributed by atoms with E-state index in [1.54, 1.807) is 0 Å². The predicted molar refractivity (Wildman–Crippen MR) is 62.8 cm³/mol. The Balaban J connectivity index is 2.07. The van der Waals surface area contributed by atoms with Gasteiger partial charge in [0, 0.05) is 12.1 Å². The summed E-state index contributed by atoms with van der Waals surface area (Å²) in [6.07, 6.45) is 8.07. The molecular weight excluding hydrogens is 186 g/mol. The van der Waals surface area contributed by atoms with Crippen molar-refractivity contribution in [1.82, 2.24) is 5.32 Å². The van der Waals surface area contributed by atoms with E-state index >= 15 is 0 Å². The Kier molecular flexibility index (Phi) is 3.36. The molecule has 2 bridgehead atoms. The van der Waals surface area contributed by atoms with Gasteiger partial charge in [0.05, 0.1) is 5.60 Å². The van der Waals surface area contributed by atoms with Gasteiger partial charge in [-0.1, -0.05) is 33.1 Å². The van der Waals surface area contributed by atoms with E-state index in [1.807, 2.05) is 0 Å². The second-order valence-corrected chi connectivity index (χ2v) is 5.52. The van der Waals surface area contributed by atoms with Gasteiger partial charge in [-0.05, 0) is 31.6 Å². The van der Waals surface area contributed by atoms with Crippen LogP contribution in [0.4, 0.5) is 0 Å². The third-order valence-electron chi connectivity index (χ3n) is 4.52. The van der Waals surface area contributed by atoms with Crippen molar-refractivity contribution < 1.29 is 5.11 Å². The van der Waals surface area contributed by atoms with Crippen LogP contribution < -0.4 is 5.32 Å². The van der Waals surface area contributed by atoms with E-state index < -0.39 is 0 Å². The van der Waals surface area contributed by atoms with E-state index in [9.17, 15) is 5.11 Å². The van der Waals surface area contributed by atoms with Crippen LogP contribution in [0.2, 0.25) is 0 Å². The molecule has 0 aliphatic carbocycles. The normalized spacial score (nSPS) is 40.8. The molecule has 2 saturated heterocycles. The highest BCUT2D eigenvalue weighted by atomic mass is 16.3. The van der Waals surface area contributed by atoms with Gasteiger partial charge in [0.1, 0.15) is 0 Å². The first kappa shape index (κ1) is 11.4. The van der Waals surface area contributed by atoms with E-state index in [0.29, 0.717) is 18.0 Å². The maximum Gasteiger partial charge on any atom is 0.0705 e. The van der Waals surface area contributed by atoms with Crippen molar-refractivity contribution in [3.8, 4) is 0 Å². The Labute approximate surface area is 93.5 Å². The quantitative estimate of drug-likeness (QED) is 0.751. The summed E-state index contributed by atoms with van der Waals surface area (Å²) in [7, 11) is 0. The molecule has 2 aliphatic rings. The van der Waals surface area contributed by atoms with Crippen molar-refractivity contribution in [2.75, 3.05) is 0 Å². The average Bonchev–Trinajstić information content (AvgIpc) is 2.18. The lowest BCUT2D eigenvalue weighted by Crippen LogP contribution is -2.58. The molecule has 2 unspecified atom stereocenters. The molecule has 2 rings (SSSR count). The highest BCUT2D eigenvalue weighted by molar-refractivity contribution is 5.00. The highest BCUT2D eigenvalue weighted by Gasteiger charge is 2.44. The number of aliphatic hydroxyl groups is 1. The monoisotopic (exact) mass is 211 g/mol. The van der Waals surface area contributed by atoms with Crippen LogP contribution in [0.5, 0.6) is 0 Å². The SMILES string of the molecule is CCC(CC)C1(O)CC2CCCC(C1)N2. The summed E-state index contributed by atoms with van der Waals surface area (Å²) in [6, 6.07) is 1.17. The summed E-state index contributed by atoms with van der Waals surface area (Å²) in [5, 5.41) is 14.4. The molecule has 15 heavy (non-hydrogen) atoms. The van der Waals surface area contributed by atoms with Crippen LogP contribution in [0.25, 0.3) is 0 Å². The molecule has 2 heteroatoms. The fourth-order valence-electron chi connectivity index (χ4n) is 3.75. The maximum atomic E-state index is 10.8. The van der Waals surface area contributed by atoms with E-state index in [4.69, 9.17) is 0 Å². The summed E-state index contributed by atoms with van der Waals surface area (Å²) >= 11 is 0. The van der Waals surface area contributed by atoms with Crippen LogP contribution in [0.1, 0.15) is 58.8 Å². The minimum absolute atomic E-state index is 0.371. The Bertz CT molecular complexity index is 201. The maximum absolute atomic E-state index is 10.8. The Morgan fingerprint density at radius 2 is 1.73 bits per heavy atom. The summed E-state index contributed by atoms with van der Waals surface area (Å²) in [4.78, 5) is 0. The second-order valence-electron chi connectivity index (χ2n) is 5.52. The summed E-state index contributed by atoms with van der Waals surface area (Å²) in [5.41, 5.74) is -0.371. The Hall–Kier alpha value is -0.0800. The lowest BCUT2D eigenvalue weighted by atomic mass is 9.69.